The lowest BCUT2D eigenvalue weighted by Gasteiger charge is -2.33. The molecule has 2 aromatic rings. The summed E-state index contributed by atoms with van der Waals surface area (Å²) >= 11 is 1.79. The first-order chi connectivity index (χ1) is 15.0. The molecule has 3 amide bonds. The molecular formula is C24H30N4O2S. The van der Waals surface area contributed by atoms with Gasteiger partial charge in [-0.05, 0) is 44.4 Å². The van der Waals surface area contributed by atoms with Crippen LogP contribution in [0.1, 0.15) is 59.0 Å². The number of nitrogens with zero attached hydrogens (tertiary/aromatic N) is 3. The van der Waals surface area contributed by atoms with Gasteiger partial charge in [-0.1, -0.05) is 30.3 Å². The van der Waals surface area contributed by atoms with Crippen molar-refractivity contribution < 1.29 is 9.59 Å². The van der Waals surface area contributed by atoms with Crippen LogP contribution in [-0.4, -0.2) is 58.0 Å². The first-order valence-electron chi connectivity index (χ1n) is 11.0. The highest BCUT2D eigenvalue weighted by Gasteiger charge is 2.30. The number of amides is 3. The first-order valence-corrected chi connectivity index (χ1v) is 12.1. The number of likely N-dealkylation sites (tertiary alicyclic amines) is 1. The van der Waals surface area contributed by atoms with Crippen LogP contribution in [0.25, 0.3) is 0 Å². The van der Waals surface area contributed by atoms with Crippen molar-refractivity contribution in [2.24, 2.45) is 0 Å². The number of aryl methyl sites for hydroxylation is 1. The van der Waals surface area contributed by atoms with Crippen molar-refractivity contribution in [3.8, 4) is 0 Å². The Labute approximate surface area is 188 Å². The van der Waals surface area contributed by atoms with Crippen LogP contribution < -0.4 is 5.32 Å². The van der Waals surface area contributed by atoms with Crippen molar-refractivity contribution in [1.29, 1.82) is 0 Å². The van der Waals surface area contributed by atoms with Gasteiger partial charge in [-0.25, -0.2) is 4.79 Å². The van der Waals surface area contributed by atoms with Gasteiger partial charge in [0.25, 0.3) is 5.91 Å². The summed E-state index contributed by atoms with van der Waals surface area (Å²) in [6.07, 6.45) is 1.64. The minimum atomic E-state index is -0.0348. The fourth-order valence-corrected chi connectivity index (χ4v) is 5.22. The van der Waals surface area contributed by atoms with E-state index in [1.807, 2.05) is 66.1 Å². The number of rotatable bonds is 4. The maximum Gasteiger partial charge on any atom is 0.317 e. The second kappa shape index (κ2) is 9.73. The van der Waals surface area contributed by atoms with E-state index in [-0.39, 0.29) is 23.9 Å². The third-order valence-corrected chi connectivity index (χ3v) is 7.11. The van der Waals surface area contributed by atoms with Gasteiger partial charge in [0.15, 0.2) is 0 Å². The van der Waals surface area contributed by atoms with Crippen LogP contribution in [0, 0.1) is 6.92 Å². The molecule has 0 spiro atoms. The van der Waals surface area contributed by atoms with Gasteiger partial charge in [0.1, 0.15) is 0 Å². The summed E-state index contributed by atoms with van der Waals surface area (Å²) in [5.41, 5.74) is 3.66. The van der Waals surface area contributed by atoms with Crippen LogP contribution >= 0.6 is 11.8 Å². The van der Waals surface area contributed by atoms with E-state index in [1.54, 1.807) is 11.8 Å². The minimum absolute atomic E-state index is 0.0302. The number of carbonyl (C=O) groups excluding carboxylic acids is 2. The molecule has 2 saturated heterocycles. The van der Waals surface area contributed by atoms with Gasteiger partial charge < -0.3 is 15.1 Å². The molecular weight excluding hydrogens is 408 g/mol. The summed E-state index contributed by atoms with van der Waals surface area (Å²) in [7, 11) is 0. The third kappa shape index (κ3) is 5.03. The Hall–Kier alpha value is -2.54. The molecule has 6 nitrogen and oxygen atoms in total. The normalized spacial score (nSPS) is 18.1. The van der Waals surface area contributed by atoms with Crippen molar-refractivity contribution >= 4 is 23.7 Å². The van der Waals surface area contributed by atoms with E-state index < -0.39 is 0 Å². The SMILES string of the molecule is Cc1ccc(C(=O)N2CCSC2)c(C2CCN(C(=O)NC(C)c3ccccc3)CC2)n1. The molecule has 2 aliphatic heterocycles. The Morgan fingerprint density at radius 2 is 1.81 bits per heavy atom. The topological polar surface area (TPSA) is 65.5 Å². The van der Waals surface area contributed by atoms with Crippen LogP contribution in [0.5, 0.6) is 0 Å². The number of aromatic nitrogens is 1. The van der Waals surface area contributed by atoms with E-state index in [0.717, 1.165) is 53.5 Å². The molecule has 2 aliphatic rings. The van der Waals surface area contributed by atoms with E-state index >= 15 is 0 Å². The molecule has 1 atom stereocenters. The second-order valence-electron chi connectivity index (χ2n) is 8.33. The van der Waals surface area contributed by atoms with Gasteiger partial charge in [0.05, 0.1) is 23.2 Å². The monoisotopic (exact) mass is 438 g/mol. The second-order valence-corrected chi connectivity index (χ2v) is 9.41. The van der Waals surface area contributed by atoms with Gasteiger partial charge >= 0.3 is 6.03 Å². The van der Waals surface area contributed by atoms with Gasteiger partial charge in [-0.15, -0.1) is 11.8 Å². The molecule has 0 saturated carbocycles. The lowest BCUT2D eigenvalue weighted by Crippen LogP contribution is -2.45. The summed E-state index contributed by atoms with van der Waals surface area (Å²) in [5, 5.41) is 3.10. The Kier molecular flexibility index (Phi) is 6.80. The largest absolute Gasteiger partial charge is 0.331 e. The highest BCUT2D eigenvalue weighted by Crippen LogP contribution is 2.31. The fourth-order valence-electron chi connectivity index (χ4n) is 4.27. The van der Waals surface area contributed by atoms with Crippen LogP contribution in [0.2, 0.25) is 0 Å². The number of hydrogen-bond donors (Lipinski definition) is 1. The number of urea groups is 1. The number of pyridine rings is 1. The van der Waals surface area contributed by atoms with Gasteiger partial charge in [-0.3, -0.25) is 9.78 Å². The van der Waals surface area contributed by atoms with E-state index in [1.165, 1.54) is 0 Å². The first kappa shape index (κ1) is 21.7. The summed E-state index contributed by atoms with van der Waals surface area (Å²) in [5.74, 6) is 2.04. The molecule has 1 aromatic carbocycles. The number of thioether (sulfide) groups is 1. The number of piperidine rings is 1. The minimum Gasteiger partial charge on any atom is -0.331 e. The average molecular weight is 439 g/mol. The average Bonchev–Trinajstić information content (AvgIpc) is 3.34. The zero-order valence-corrected chi connectivity index (χ0v) is 19.0. The molecule has 1 N–H and O–H groups in total. The molecule has 3 heterocycles. The van der Waals surface area contributed by atoms with Crippen molar-refractivity contribution in [1.82, 2.24) is 20.1 Å². The number of hydrogen-bond acceptors (Lipinski definition) is 4. The van der Waals surface area contributed by atoms with E-state index in [9.17, 15) is 9.59 Å². The Balaban J connectivity index is 1.40. The van der Waals surface area contributed by atoms with E-state index in [0.29, 0.717) is 13.1 Å². The van der Waals surface area contributed by atoms with Crippen LogP contribution in [0.15, 0.2) is 42.5 Å². The highest BCUT2D eigenvalue weighted by atomic mass is 32.2. The van der Waals surface area contributed by atoms with Crippen molar-refractivity contribution in [3.05, 3.63) is 65.0 Å². The quantitative estimate of drug-likeness (QED) is 0.778. The molecule has 4 rings (SSSR count). The lowest BCUT2D eigenvalue weighted by atomic mass is 9.90. The predicted molar refractivity (Wildman–Crippen MR) is 124 cm³/mol. The maximum atomic E-state index is 13.0. The number of carbonyl (C=O) groups is 2. The van der Waals surface area contributed by atoms with Gasteiger partial charge in [0, 0.05) is 37.0 Å². The third-order valence-electron chi connectivity index (χ3n) is 6.14. The summed E-state index contributed by atoms with van der Waals surface area (Å²) in [6, 6.07) is 13.8. The molecule has 1 unspecified atom stereocenters. The summed E-state index contributed by atoms with van der Waals surface area (Å²) in [4.78, 5) is 34.4. The molecule has 0 aliphatic carbocycles. The summed E-state index contributed by atoms with van der Waals surface area (Å²) < 4.78 is 0. The van der Waals surface area contributed by atoms with Crippen LogP contribution in [-0.2, 0) is 0 Å². The Morgan fingerprint density at radius 3 is 2.48 bits per heavy atom. The maximum absolute atomic E-state index is 13.0. The van der Waals surface area contributed by atoms with Crippen LogP contribution in [0.4, 0.5) is 4.79 Å². The van der Waals surface area contributed by atoms with Crippen molar-refractivity contribution in [3.63, 3.8) is 0 Å². The molecule has 0 radical (unpaired) electrons. The van der Waals surface area contributed by atoms with E-state index in [2.05, 4.69) is 5.32 Å². The molecule has 1 aromatic heterocycles. The Morgan fingerprint density at radius 1 is 1.06 bits per heavy atom. The van der Waals surface area contributed by atoms with Crippen LogP contribution in [0.3, 0.4) is 0 Å². The van der Waals surface area contributed by atoms with Crippen molar-refractivity contribution in [2.45, 2.75) is 38.6 Å². The number of nitrogens with one attached hydrogen (secondary N) is 1. The standard InChI is InChI=1S/C24H30N4O2S/c1-17-8-9-21(23(29)28-14-15-31-16-28)22(25-17)20-10-12-27(13-11-20)24(30)26-18(2)19-6-4-3-5-7-19/h3-9,18,20H,10-16H2,1-2H3,(H,26,30). The zero-order chi connectivity index (χ0) is 21.8. The van der Waals surface area contributed by atoms with Gasteiger partial charge in [-0.2, -0.15) is 0 Å². The predicted octanol–water partition coefficient (Wildman–Crippen LogP) is 4.19. The number of benzene rings is 1. The lowest BCUT2D eigenvalue weighted by molar-refractivity contribution is 0.0799. The molecule has 2 fully saturated rings. The molecule has 0 bridgehead atoms. The van der Waals surface area contributed by atoms with Crippen molar-refractivity contribution in [2.75, 3.05) is 31.3 Å². The highest BCUT2D eigenvalue weighted by molar-refractivity contribution is 7.99. The fraction of sp³-hybridized carbons (Fsp3) is 0.458. The summed E-state index contributed by atoms with van der Waals surface area (Å²) in [6.45, 7) is 6.11. The van der Waals surface area contributed by atoms with E-state index in [4.69, 9.17) is 4.98 Å². The molecule has 7 heteroatoms. The van der Waals surface area contributed by atoms with Gasteiger partial charge in [0.2, 0.25) is 0 Å². The zero-order valence-electron chi connectivity index (χ0n) is 18.2. The molecule has 164 valence electrons. The molecule has 31 heavy (non-hydrogen) atoms. The Bertz CT molecular complexity index is 922. The smallest absolute Gasteiger partial charge is 0.317 e.